The van der Waals surface area contributed by atoms with Crippen molar-refractivity contribution in [1.29, 1.82) is 0 Å². The second kappa shape index (κ2) is 8.13. The lowest BCUT2D eigenvalue weighted by Gasteiger charge is -2.11. The fraction of sp³-hybridized carbons (Fsp3) is 0.227. The molecule has 0 saturated carbocycles. The van der Waals surface area contributed by atoms with Crippen LogP contribution < -0.4 is 10.1 Å². The number of ether oxygens (including phenoxy) is 1. The van der Waals surface area contributed by atoms with E-state index < -0.39 is 0 Å². The first kappa shape index (κ1) is 19.3. The molecule has 0 spiro atoms. The van der Waals surface area contributed by atoms with Crippen molar-refractivity contribution < 1.29 is 9.53 Å². The highest BCUT2D eigenvalue weighted by Gasteiger charge is 2.15. The predicted octanol–water partition coefficient (Wildman–Crippen LogP) is 4.63. The lowest BCUT2D eigenvalue weighted by atomic mass is 10.1. The maximum absolute atomic E-state index is 12.5. The van der Waals surface area contributed by atoms with Gasteiger partial charge in [0.15, 0.2) is 10.8 Å². The number of thioether (sulfide) groups is 1. The topological polar surface area (TPSA) is 68.5 Å². The third kappa shape index (κ3) is 3.91. The zero-order chi connectivity index (χ0) is 20.4. The fourth-order valence-corrected chi connectivity index (χ4v) is 4.02. The highest BCUT2D eigenvalue weighted by Crippen LogP contribution is 2.27. The van der Waals surface area contributed by atoms with E-state index in [9.17, 15) is 4.79 Å². The van der Waals surface area contributed by atoms with Gasteiger partial charge in [-0.15, -0.1) is 10.2 Å². The average Bonchev–Trinajstić information content (AvgIpc) is 3.14. The van der Waals surface area contributed by atoms with Gasteiger partial charge in [0.1, 0.15) is 5.75 Å². The van der Waals surface area contributed by atoms with Gasteiger partial charge in [0.05, 0.1) is 23.6 Å². The molecule has 4 aromatic rings. The minimum atomic E-state index is -0.118. The summed E-state index contributed by atoms with van der Waals surface area (Å²) in [7, 11) is 0. The SMILES string of the molecule is CCOc1ccccc1NC(=O)CSc1nnc2c(C)cc3ccc(C)cc3n12. The highest BCUT2D eigenvalue weighted by atomic mass is 32.2. The molecule has 29 heavy (non-hydrogen) atoms. The molecule has 0 aliphatic carbocycles. The first-order valence-corrected chi connectivity index (χ1v) is 10.4. The molecule has 7 heteroatoms. The van der Waals surface area contributed by atoms with Gasteiger partial charge in [-0.3, -0.25) is 9.20 Å². The van der Waals surface area contributed by atoms with Crippen molar-refractivity contribution in [1.82, 2.24) is 14.6 Å². The quantitative estimate of drug-likeness (QED) is 0.473. The molecule has 2 heterocycles. The Kier molecular flexibility index (Phi) is 5.40. The molecule has 0 saturated heterocycles. The van der Waals surface area contributed by atoms with Crippen LogP contribution in [0.15, 0.2) is 53.7 Å². The molecule has 2 aromatic carbocycles. The minimum absolute atomic E-state index is 0.118. The molecule has 148 valence electrons. The number of para-hydroxylation sites is 2. The number of anilines is 1. The Morgan fingerprint density at radius 1 is 1.14 bits per heavy atom. The van der Waals surface area contributed by atoms with Crippen molar-refractivity contribution >= 4 is 39.9 Å². The first-order chi connectivity index (χ1) is 14.1. The van der Waals surface area contributed by atoms with Crippen LogP contribution in [-0.2, 0) is 4.79 Å². The monoisotopic (exact) mass is 406 g/mol. The van der Waals surface area contributed by atoms with Crippen LogP contribution in [0.5, 0.6) is 5.75 Å². The van der Waals surface area contributed by atoms with Crippen molar-refractivity contribution in [3.63, 3.8) is 0 Å². The molecule has 4 rings (SSSR count). The minimum Gasteiger partial charge on any atom is -0.492 e. The standard InChI is InChI=1S/C22H22N4O2S/c1-4-28-19-8-6-5-7-17(19)23-20(27)13-29-22-25-24-21-15(3)12-16-10-9-14(2)11-18(16)26(21)22/h5-12H,4,13H2,1-3H3,(H,23,27). The van der Waals surface area contributed by atoms with Crippen molar-refractivity contribution in [2.75, 3.05) is 17.7 Å². The summed E-state index contributed by atoms with van der Waals surface area (Å²) >= 11 is 1.37. The molecule has 2 aromatic heterocycles. The summed E-state index contributed by atoms with van der Waals surface area (Å²) in [5.74, 6) is 0.771. The Bertz CT molecular complexity index is 1200. The average molecular weight is 407 g/mol. The molecular formula is C22H22N4O2S. The molecule has 0 unspecified atom stereocenters. The van der Waals surface area contributed by atoms with E-state index in [1.54, 1.807) is 0 Å². The Morgan fingerprint density at radius 2 is 1.97 bits per heavy atom. The van der Waals surface area contributed by atoms with Gasteiger partial charge in [0, 0.05) is 0 Å². The summed E-state index contributed by atoms with van der Waals surface area (Å²) in [6, 6.07) is 15.9. The van der Waals surface area contributed by atoms with Crippen LogP contribution in [-0.4, -0.2) is 32.9 Å². The number of nitrogens with zero attached hydrogens (tertiary/aromatic N) is 3. The Balaban J connectivity index is 1.58. The lowest BCUT2D eigenvalue weighted by molar-refractivity contribution is -0.113. The van der Waals surface area contributed by atoms with Gasteiger partial charge in [-0.25, -0.2) is 0 Å². The third-order valence-electron chi connectivity index (χ3n) is 4.58. The number of carbonyl (C=O) groups excluding carboxylic acids is 1. The number of fused-ring (bicyclic) bond motifs is 3. The molecule has 0 atom stereocenters. The first-order valence-electron chi connectivity index (χ1n) is 9.46. The van der Waals surface area contributed by atoms with E-state index in [4.69, 9.17) is 4.74 Å². The normalized spacial score (nSPS) is 11.1. The van der Waals surface area contributed by atoms with Crippen LogP contribution in [0.25, 0.3) is 16.6 Å². The summed E-state index contributed by atoms with van der Waals surface area (Å²) in [5, 5.41) is 13.4. The highest BCUT2D eigenvalue weighted by molar-refractivity contribution is 7.99. The van der Waals surface area contributed by atoms with Gasteiger partial charge < -0.3 is 10.1 Å². The molecule has 6 nitrogen and oxygen atoms in total. The number of hydrogen-bond donors (Lipinski definition) is 1. The van der Waals surface area contributed by atoms with Crippen LogP contribution in [0.4, 0.5) is 5.69 Å². The van der Waals surface area contributed by atoms with E-state index in [-0.39, 0.29) is 11.7 Å². The molecule has 0 fully saturated rings. The molecule has 0 aliphatic rings. The van der Waals surface area contributed by atoms with E-state index in [1.165, 1.54) is 11.8 Å². The van der Waals surface area contributed by atoms with Crippen LogP contribution in [0, 0.1) is 13.8 Å². The fourth-order valence-electron chi connectivity index (χ4n) is 3.27. The summed E-state index contributed by atoms with van der Waals surface area (Å²) in [5.41, 5.74) is 4.74. The number of pyridine rings is 1. The molecule has 1 N–H and O–H groups in total. The summed E-state index contributed by atoms with van der Waals surface area (Å²) in [4.78, 5) is 12.5. The lowest BCUT2D eigenvalue weighted by Crippen LogP contribution is -2.15. The van der Waals surface area contributed by atoms with Gasteiger partial charge in [-0.2, -0.15) is 0 Å². The summed E-state index contributed by atoms with van der Waals surface area (Å²) in [6.07, 6.45) is 0. The van der Waals surface area contributed by atoms with Gasteiger partial charge in [0.2, 0.25) is 5.91 Å². The third-order valence-corrected chi connectivity index (χ3v) is 5.51. The molecule has 0 aliphatic heterocycles. The Labute approximate surface area is 173 Å². The number of hydrogen-bond acceptors (Lipinski definition) is 5. The zero-order valence-corrected chi connectivity index (χ0v) is 17.4. The Hall–Kier alpha value is -3.06. The van der Waals surface area contributed by atoms with Crippen molar-refractivity contribution in [3.8, 4) is 5.75 Å². The van der Waals surface area contributed by atoms with E-state index in [0.29, 0.717) is 23.2 Å². The predicted molar refractivity (Wildman–Crippen MR) is 117 cm³/mol. The van der Waals surface area contributed by atoms with Crippen molar-refractivity contribution in [3.05, 3.63) is 59.7 Å². The van der Waals surface area contributed by atoms with Crippen LogP contribution in [0.3, 0.4) is 0 Å². The summed E-state index contributed by atoms with van der Waals surface area (Å²) < 4.78 is 7.60. The number of amides is 1. The van der Waals surface area contributed by atoms with Gasteiger partial charge in [0.25, 0.3) is 0 Å². The van der Waals surface area contributed by atoms with Gasteiger partial charge in [-0.1, -0.05) is 36.0 Å². The van der Waals surface area contributed by atoms with Gasteiger partial charge >= 0.3 is 0 Å². The van der Waals surface area contributed by atoms with E-state index in [0.717, 1.165) is 27.7 Å². The van der Waals surface area contributed by atoms with Gasteiger partial charge in [-0.05, 0) is 61.5 Å². The maximum Gasteiger partial charge on any atom is 0.234 e. The molecule has 0 bridgehead atoms. The van der Waals surface area contributed by atoms with Crippen LogP contribution in [0.2, 0.25) is 0 Å². The second-order valence-corrected chi connectivity index (χ2v) is 7.74. The largest absolute Gasteiger partial charge is 0.492 e. The zero-order valence-electron chi connectivity index (χ0n) is 16.6. The molecule has 0 radical (unpaired) electrons. The van der Waals surface area contributed by atoms with Crippen molar-refractivity contribution in [2.24, 2.45) is 0 Å². The Morgan fingerprint density at radius 3 is 2.79 bits per heavy atom. The summed E-state index contributed by atoms with van der Waals surface area (Å²) in [6.45, 7) is 6.54. The van der Waals surface area contributed by atoms with Crippen LogP contribution >= 0.6 is 11.8 Å². The number of aryl methyl sites for hydroxylation is 2. The number of nitrogens with one attached hydrogen (secondary N) is 1. The molecule has 1 amide bonds. The molecular weight excluding hydrogens is 384 g/mol. The number of carbonyl (C=O) groups is 1. The number of rotatable bonds is 6. The maximum atomic E-state index is 12.5. The van der Waals surface area contributed by atoms with E-state index in [1.807, 2.05) is 42.5 Å². The second-order valence-electron chi connectivity index (χ2n) is 6.80. The van der Waals surface area contributed by atoms with E-state index >= 15 is 0 Å². The van der Waals surface area contributed by atoms with Crippen molar-refractivity contribution in [2.45, 2.75) is 25.9 Å². The smallest absolute Gasteiger partial charge is 0.234 e. The number of aromatic nitrogens is 3. The van der Waals surface area contributed by atoms with Crippen LogP contribution in [0.1, 0.15) is 18.1 Å². The number of benzene rings is 2. The van der Waals surface area contributed by atoms with E-state index in [2.05, 4.69) is 46.7 Å².